The van der Waals surface area contributed by atoms with Gasteiger partial charge in [0.05, 0.1) is 0 Å². The van der Waals surface area contributed by atoms with Crippen molar-refractivity contribution in [1.29, 1.82) is 5.41 Å². The van der Waals surface area contributed by atoms with Gasteiger partial charge in [0.2, 0.25) is 0 Å². The van der Waals surface area contributed by atoms with E-state index in [-0.39, 0.29) is 23.7 Å². The Morgan fingerprint density at radius 2 is 1.81 bits per heavy atom. The van der Waals surface area contributed by atoms with Crippen LogP contribution in [0.3, 0.4) is 0 Å². The zero-order chi connectivity index (χ0) is 10.8. The van der Waals surface area contributed by atoms with Crippen LogP contribution >= 0.6 is 12.4 Å². The maximum atomic E-state index is 9.31. The van der Waals surface area contributed by atoms with E-state index in [0.29, 0.717) is 4.73 Å². The normalized spacial score (nSPS) is 15.6. The average Bonchev–Trinajstić information content (AvgIpc) is 2.26. The second-order valence-electron chi connectivity index (χ2n) is 3.88. The lowest BCUT2D eigenvalue weighted by Gasteiger charge is -2.29. The molecule has 2 heterocycles. The van der Waals surface area contributed by atoms with Crippen LogP contribution in [-0.4, -0.2) is 23.0 Å². The molecular formula is C10H17ClN4O. The van der Waals surface area contributed by atoms with Crippen molar-refractivity contribution in [1.82, 2.24) is 4.73 Å². The molecule has 4 N–H and O–H groups in total. The number of piperidine rings is 1. The molecule has 1 aromatic heterocycles. The third kappa shape index (κ3) is 2.41. The summed E-state index contributed by atoms with van der Waals surface area (Å²) >= 11 is 0. The summed E-state index contributed by atoms with van der Waals surface area (Å²) in [4.78, 5) is 2.21. The van der Waals surface area contributed by atoms with Crippen molar-refractivity contribution in [2.75, 3.05) is 23.7 Å². The topological polar surface area (TPSA) is 78.3 Å². The van der Waals surface area contributed by atoms with Crippen molar-refractivity contribution in [2.24, 2.45) is 0 Å². The number of aromatic nitrogens is 1. The van der Waals surface area contributed by atoms with Gasteiger partial charge in [0.1, 0.15) is 5.82 Å². The van der Waals surface area contributed by atoms with E-state index in [1.54, 1.807) is 12.1 Å². The van der Waals surface area contributed by atoms with Crippen LogP contribution < -0.4 is 16.1 Å². The lowest BCUT2D eigenvalue weighted by Crippen LogP contribution is -2.31. The summed E-state index contributed by atoms with van der Waals surface area (Å²) in [5, 5.41) is 16.8. The number of nitrogen functional groups attached to an aromatic ring is 1. The Morgan fingerprint density at radius 3 is 2.38 bits per heavy atom. The molecule has 1 fully saturated rings. The third-order valence-electron chi connectivity index (χ3n) is 2.77. The van der Waals surface area contributed by atoms with E-state index in [9.17, 15) is 5.21 Å². The molecule has 0 spiro atoms. The number of hydrogen-bond acceptors (Lipinski definition) is 4. The summed E-state index contributed by atoms with van der Waals surface area (Å²) in [5.41, 5.74) is 6.55. The van der Waals surface area contributed by atoms with E-state index in [0.717, 1.165) is 18.8 Å². The molecule has 6 heteroatoms. The number of pyridine rings is 1. The van der Waals surface area contributed by atoms with Gasteiger partial charge in [-0.05, 0) is 19.3 Å². The second kappa shape index (κ2) is 5.12. The quantitative estimate of drug-likeness (QED) is 0.650. The maximum Gasteiger partial charge on any atom is 0.165 e. The molecular weight excluding hydrogens is 228 g/mol. The molecule has 90 valence electrons. The van der Waals surface area contributed by atoms with E-state index in [1.807, 2.05) is 0 Å². The summed E-state index contributed by atoms with van der Waals surface area (Å²) in [6.45, 7) is 2.02. The number of anilines is 2. The van der Waals surface area contributed by atoms with Crippen molar-refractivity contribution in [3.05, 3.63) is 17.6 Å². The molecule has 1 saturated heterocycles. The van der Waals surface area contributed by atoms with E-state index >= 15 is 0 Å². The first-order valence-electron chi connectivity index (χ1n) is 5.20. The molecule has 2 rings (SSSR count). The summed E-state index contributed by atoms with van der Waals surface area (Å²) in [6, 6.07) is 3.35. The van der Waals surface area contributed by atoms with Gasteiger partial charge in [-0.2, -0.15) is 4.73 Å². The summed E-state index contributed by atoms with van der Waals surface area (Å²) in [7, 11) is 0. The fourth-order valence-corrected chi connectivity index (χ4v) is 1.93. The summed E-state index contributed by atoms with van der Waals surface area (Å²) in [6.07, 6.45) is 3.63. The van der Waals surface area contributed by atoms with E-state index < -0.39 is 0 Å². The van der Waals surface area contributed by atoms with Crippen LogP contribution in [0.5, 0.6) is 0 Å². The molecule has 16 heavy (non-hydrogen) atoms. The average molecular weight is 245 g/mol. The van der Waals surface area contributed by atoms with E-state index in [1.165, 1.54) is 19.3 Å². The minimum absolute atomic E-state index is 0. The number of hydrogen-bond donors (Lipinski definition) is 3. The molecule has 0 radical (unpaired) electrons. The smallest absolute Gasteiger partial charge is 0.165 e. The van der Waals surface area contributed by atoms with Crippen LogP contribution in [0.15, 0.2) is 12.1 Å². The summed E-state index contributed by atoms with van der Waals surface area (Å²) < 4.78 is 0.688. The number of rotatable bonds is 1. The van der Waals surface area contributed by atoms with E-state index in [4.69, 9.17) is 11.1 Å². The maximum absolute atomic E-state index is 9.31. The number of nitrogens with two attached hydrogens (primary N) is 1. The van der Waals surface area contributed by atoms with Gasteiger partial charge in [0, 0.05) is 30.9 Å². The number of halogens is 1. The van der Waals surface area contributed by atoms with Crippen molar-refractivity contribution < 1.29 is 5.21 Å². The fraction of sp³-hybridized carbons (Fsp3) is 0.500. The van der Waals surface area contributed by atoms with Gasteiger partial charge in [-0.15, -0.1) is 12.4 Å². The molecule has 1 aliphatic heterocycles. The minimum atomic E-state index is 0. The van der Waals surface area contributed by atoms with Crippen molar-refractivity contribution in [3.63, 3.8) is 0 Å². The predicted molar refractivity (Wildman–Crippen MR) is 65.2 cm³/mol. The zero-order valence-corrected chi connectivity index (χ0v) is 9.83. The highest BCUT2D eigenvalue weighted by Crippen LogP contribution is 2.19. The largest absolute Gasteiger partial charge is 0.425 e. The van der Waals surface area contributed by atoms with Crippen LogP contribution in [0.2, 0.25) is 0 Å². The Hall–Kier alpha value is -1.36. The highest BCUT2D eigenvalue weighted by Gasteiger charge is 2.12. The molecule has 0 saturated carbocycles. The van der Waals surface area contributed by atoms with Crippen LogP contribution in [0, 0.1) is 5.41 Å². The van der Waals surface area contributed by atoms with Crippen LogP contribution in [0.25, 0.3) is 0 Å². The molecule has 0 amide bonds. The molecule has 0 atom stereocenters. The number of nitrogens with zero attached hydrogens (tertiary/aromatic N) is 2. The molecule has 1 aromatic rings. The zero-order valence-electron chi connectivity index (χ0n) is 9.02. The van der Waals surface area contributed by atoms with Crippen LogP contribution in [0.4, 0.5) is 11.5 Å². The van der Waals surface area contributed by atoms with Crippen molar-refractivity contribution in [3.8, 4) is 0 Å². The summed E-state index contributed by atoms with van der Waals surface area (Å²) in [5.74, 6) is 0.211. The van der Waals surface area contributed by atoms with Crippen LogP contribution in [0.1, 0.15) is 19.3 Å². The molecule has 0 aliphatic carbocycles. The molecule has 0 unspecified atom stereocenters. The van der Waals surface area contributed by atoms with Gasteiger partial charge in [-0.1, -0.05) is 0 Å². The second-order valence-corrected chi connectivity index (χ2v) is 3.88. The molecule has 0 aromatic carbocycles. The number of nitrogens with one attached hydrogen (secondary N) is 1. The fourth-order valence-electron chi connectivity index (χ4n) is 1.93. The van der Waals surface area contributed by atoms with Gasteiger partial charge < -0.3 is 15.8 Å². The first-order valence-corrected chi connectivity index (χ1v) is 5.20. The monoisotopic (exact) mass is 244 g/mol. The highest BCUT2D eigenvalue weighted by atomic mass is 35.5. The Morgan fingerprint density at radius 1 is 1.19 bits per heavy atom. The Labute approximate surface area is 100 Å². The van der Waals surface area contributed by atoms with Gasteiger partial charge in [-0.25, -0.2) is 0 Å². The van der Waals surface area contributed by atoms with Gasteiger partial charge in [-0.3, -0.25) is 5.41 Å². The highest BCUT2D eigenvalue weighted by molar-refractivity contribution is 5.85. The van der Waals surface area contributed by atoms with Crippen molar-refractivity contribution >= 4 is 23.9 Å². The Balaban J connectivity index is 0.00000128. The SMILES string of the molecule is Cl.N=c1cc(N2CCCCC2)cc(N)n1O. The Bertz CT molecular complexity index is 412. The predicted octanol–water partition coefficient (Wildman–Crippen LogP) is 1.20. The Kier molecular flexibility index (Phi) is 4.06. The van der Waals surface area contributed by atoms with Gasteiger partial charge in [0.15, 0.2) is 5.49 Å². The van der Waals surface area contributed by atoms with E-state index in [2.05, 4.69) is 4.90 Å². The molecule has 5 nitrogen and oxygen atoms in total. The first kappa shape index (κ1) is 12.7. The van der Waals surface area contributed by atoms with Gasteiger partial charge >= 0.3 is 0 Å². The first-order chi connectivity index (χ1) is 7.18. The molecule has 0 bridgehead atoms. The third-order valence-corrected chi connectivity index (χ3v) is 2.77. The van der Waals surface area contributed by atoms with Gasteiger partial charge in [0.25, 0.3) is 0 Å². The lowest BCUT2D eigenvalue weighted by atomic mass is 10.1. The standard InChI is InChI=1S/C10H16N4O.ClH/c11-9-6-8(7-10(12)14(9)15)13-4-2-1-3-5-13;/h6-7,11,15H,1-5,12H2;1H. The van der Waals surface area contributed by atoms with Crippen LogP contribution in [-0.2, 0) is 0 Å². The molecule has 1 aliphatic rings. The lowest BCUT2D eigenvalue weighted by molar-refractivity contribution is 0.177. The minimum Gasteiger partial charge on any atom is -0.425 e. The van der Waals surface area contributed by atoms with Crippen molar-refractivity contribution in [2.45, 2.75) is 19.3 Å².